The summed E-state index contributed by atoms with van der Waals surface area (Å²) in [5.74, 6) is 2.33. The van der Waals surface area contributed by atoms with E-state index in [0.29, 0.717) is 35.9 Å². The van der Waals surface area contributed by atoms with Crippen molar-refractivity contribution in [3.05, 3.63) is 47.2 Å². The van der Waals surface area contributed by atoms with Gasteiger partial charge in [-0.05, 0) is 78.9 Å². The van der Waals surface area contributed by atoms with Crippen LogP contribution in [0.3, 0.4) is 0 Å². The summed E-state index contributed by atoms with van der Waals surface area (Å²) in [4.78, 5) is 13.1. The van der Waals surface area contributed by atoms with E-state index in [2.05, 4.69) is 78.6 Å². The highest BCUT2D eigenvalue weighted by Crippen LogP contribution is 2.30. The third-order valence-corrected chi connectivity index (χ3v) is 8.79. The van der Waals surface area contributed by atoms with Gasteiger partial charge in [0.1, 0.15) is 0 Å². The van der Waals surface area contributed by atoms with Crippen molar-refractivity contribution in [3.8, 4) is 0 Å². The Bertz CT molecular complexity index is 838. The summed E-state index contributed by atoms with van der Waals surface area (Å²) in [5.41, 5.74) is 10.8. The molecule has 3 heteroatoms. The van der Waals surface area contributed by atoms with E-state index in [0.717, 1.165) is 19.3 Å². The molecule has 0 saturated heterocycles. The summed E-state index contributed by atoms with van der Waals surface area (Å²) >= 11 is 0. The fourth-order valence-corrected chi connectivity index (χ4v) is 5.38. The predicted molar refractivity (Wildman–Crippen MR) is 167 cm³/mol. The van der Waals surface area contributed by atoms with E-state index in [-0.39, 0.29) is 17.2 Å². The number of nitrogens with one attached hydrogen (secondary N) is 1. The van der Waals surface area contributed by atoms with Gasteiger partial charge in [-0.2, -0.15) is 0 Å². The summed E-state index contributed by atoms with van der Waals surface area (Å²) < 4.78 is 0. The van der Waals surface area contributed by atoms with Crippen LogP contribution in [0.1, 0.15) is 124 Å². The maximum Gasteiger partial charge on any atom is 0.223 e. The van der Waals surface area contributed by atoms with Crippen molar-refractivity contribution in [1.29, 1.82) is 0 Å². The number of rotatable bonds is 19. The zero-order chi connectivity index (χ0) is 28.9. The molecule has 0 aliphatic rings. The molecule has 218 valence electrons. The molecule has 3 atom stereocenters. The normalized spacial score (nSPS) is 14.5. The standard InChI is InChI=1S/C35H62N2O/c1-11-13-14-15-16-32-23-29(18-20-30(32)12-2)22-31(25(3)4)19-17-27(7)21-33(26(5)6)34(38)37-24-35(9,10)28(8)36/h18,20,23,25-27,31,33H,8,11-17,19,21-22,24,36H2,1-7,9-10H3,(H,37,38). The lowest BCUT2D eigenvalue weighted by Gasteiger charge is -2.29. The van der Waals surface area contributed by atoms with Gasteiger partial charge in [-0.15, -0.1) is 0 Å². The van der Waals surface area contributed by atoms with Crippen molar-refractivity contribution >= 4 is 5.91 Å². The third-order valence-electron chi connectivity index (χ3n) is 8.79. The summed E-state index contributed by atoms with van der Waals surface area (Å²) in [6.07, 6.45) is 12.1. The van der Waals surface area contributed by atoms with Crippen molar-refractivity contribution in [3.63, 3.8) is 0 Å². The zero-order valence-electron chi connectivity index (χ0n) is 26.6. The summed E-state index contributed by atoms with van der Waals surface area (Å²) in [5, 5.41) is 3.16. The third kappa shape index (κ3) is 12.0. The van der Waals surface area contributed by atoms with Gasteiger partial charge in [-0.3, -0.25) is 4.79 Å². The van der Waals surface area contributed by atoms with E-state index in [9.17, 15) is 4.79 Å². The molecule has 3 unspecified atom stereocenters. The van der Waals surface area contributed by atoms with E-state index in [4.69, 9.17) is 5.73 Å². The molecule has 0 radical (unpaired) electrons. The van der Waals surface area contributed by atoms with Crippen molar-refractivity contribution in [2.24, 2.45) is 40.7 Å². The number of hydrogen-bond donors (Lipinski definition) is 2. The van der Waals surface area contributed by atoms with Crippen LogP contribution >= 0.6 is 0 Å². The molecule has 0 fully saturated rings. The van der Waals surface area contributed by atoms with Gasteiger partial charge in [0.15, 0.2) is 0 Å². The maximum absolute atomic E-state index is 13.1. The van der Waals surface area contributed by atoms with Crippen LogP contribution in [0.2, 0.25) is 0 Å². The van der Waals surface area contributed by atoms with Crippen LogP contribution in [0.15, 0.2) is 30.5 Å². The smallest absolute Gasteiger partial charge is 0.223 e. The number of hydrogen-bond acceptors (Lipinski definition) is 2. The van der Waals surface area contributed by atoms with Crippen molar-refractivity contribution < 1.29 is 4.79 Å². The predicted octanol–water partition coefficient (Wildman–Crippen LogP) is 8.88. The number of carbonyl (C=O) groups is 1. The molecule has 0 aliphatic carbocycles. The highest BCUT2D eigenvalue weighted by molar-refractivity contribution is 5.79. The SMILES string of the molecule is C=C(N)C(C)(C)CNC(=O)C(CC(C)CCC(Cc1ccc(CC)c(CCCCCC)c1)C(C)C)C(C)C. The molecular weight excluding hydrogens is 464 g/mol. The number of benzene rings is 1. The molecule has 1 aromatic rings. The van der Waals surface area contributed by atoms with E-state index in [1.54, 1.807) is 5.56 Å². The average molecular weight is 527 g/mol. The van der Waals surface area contributed by atoms with Crippen LogP contribution in [0, 0.1) is 35.0 Å². The largest absolute Gasteiger partial charge is 0.402 e. The lowest BCUT2D eigenvalue weighted by Crippen LogP contribution is -2.41. The Morgan fingerprint density at radius 1 is 0.974 bits per heavy atom. The van der Waals surface area contributed by atoms with Gasteiger partial charge in [0, 0.05) is 23.6 Å². The molecule has 38 heavy (non-hydrogen) atoms. The van der Waals surface area contributed by atoms with Crippen molar-refractivity contribution in [1.82, 2.24) is 5.32 Å². The quantitative estimate of drug-likeness (QED) is 0.177. The second-order valence-electron chi connectivity index (χ2n) is 13.4. The van der Waals surface area contributed by atoms with Crippen molar-refractivity contribution in [2.75, 3.05) is 6.54 Å². The van der Waals surface area contributed by atoms with Gasteiger partial charge < -0.3 is 11.1 Å². The van der Waals surface area contributed by atoms with Crippen LogP contribution in [0.5, 0.6) is 0 Å². The van der Waals surface area contributed by atoms with Gasteiger partial charge in [-0.25, -0.2) is 0 Å². The first kappa shape index (κ1) is 34.3. The van der Waals surface area contributed by atoms with Gasteiger partial charge in [0.25, 0.3) is 0 Å². The Morgan fingerprint density at radius 2 is 1.66 bits per heavy atom. The van der Waals surface area contributed by atoms with E-state index < -0.39 is 0 Å². The van der Waals surface area contributed by atoms with Gasteiger partial charge >= 0.3 is 0 Å². The minimum atomic E-state index is -0.294. The van der Waals surface area contributed by atoms with Crippen LogP contribution in [-0.2, 0) is 24.1 Å². The minimum Gasteiger partial charge on any atom is -0.402 e. The van der Waals surface area contributed by atoms with E-state index >= 15 is 0 Å². The number of nitrogens with two attached hydrogens (primary N) is 1. The molecule has 3 N–H and O–H groups in total. The lowest BCUT2D eigenvalue weighted by atomic mass is 9.80. The molecule has 0 aliphatic heterocycles. The maximum atomic E-state index is 13.1. The number of aryl methyl sites for hydroxylation is 2. The van der Waals surface area contributed by atoms with E-state index in [1.165, 1.54) is 56.1 Å². The first-order valence-corrected chi connectivity index (χ1v) is 15.6. The lowest BCUT2D eigenvalue weighted by molar-refractivity contribution is -0.127. The number of carbonyl (C=O) groups excluding carboxylic acids is 1. The fourth-order valence-electron chi connectivity index (χ4n) is 5.38. The highest BCUT2D eigenvalue weighted by Gasteiger charge is 2.27. The van der Waals surface area contributed by atoms with E-state index in [1.807, 2.05) is 13.8 Å². The molecule has 3 nitrogen and oxygen atoms in total. The summed E-state index contributed by atoms with van der Waals surface area (Å²) in [7, 11) is 0. The molecule has 0 heterocycles. The Kier molecular flexibility index (Phi) is 15.4. The Labute approximate surface area is 236 Å². The Hall–Kier alpha value is -1.77. The molecular formula is C35H62N2O. The fraction of sp³-hybridized carbons (Fsp3) is 0.743. The van der Waals surface area contributed by atoms with Crippen LogP contribution in [0.4, 0.5) is 0 Å². The first-order valence-electron chi connectivity index (χ1n) is 15.6. The molecule has 0 aromatic heterocycles. The topological polar surface area (TPSA) is 55.1 Å². The number of amides is 1. The zero-order valence-corrected chi connectivity index (χ0v) is 26.6. The van der Waals surface area contributed by atoms with Gasteiger partial charge in [0.2, 0.25) is 5.91 Å². The molecule has 0 spiro atoms. The van der Waals surface area contributed by atoms with Crippen LogP contribution in [0.25, 0.3) is 0 Å². The summed E-state index contributed by atoms with van der Waals surface area (Å²) in [6, 6.07) is 7.28. The Balaban J connectivity index is 2.77. The molecule has 0 bridgehead atoms. The second-order valence-corrected chi connectivity index (χ2v) is 13.4. The molecule has 1 rings (SSSR count). The van der Waals surface area contributed by atoms with Crippen LogP contribution in [-0.4, -0.2) is 12.5 Å². The Morgan fingerprint density at radius 3 is 2.21 bits per heavy atom. The monoisotopic (exact) mass is 526 g/mol. The summed E-state index contributed by atoms with van der Waals surface area (Å²) in [6.45, 7) is 24.4. The van der Waals surface area contributed by atoms with Gasteiger partial charge in [0.05, 0.1) is 0 Å². The van der Waals surface area contributed by atoms with Gasteiger partial charge in [-0.1, -0.05) is 113 Å². The molecule has 1 amide bonds. The number of unbranched alkanes of at least 4 members (excludes halogenated alkanes) is 3. The van der Waals surface area contributed by atoms with Crippen LogP contribution < -0.4 is 11.1 Å². The van der Waals surface area contributed by atoms with Crippen molar-refractivity contribution in [2.45, 2.75) is 127 Å². The molecule has 0 saturated carbocycles. The minimum absolute atomic E-state index is 0.0289. The molecule has 1 aromatic carbocycles. The second kappa shape index (κ2) is 17.0. The highest BCUT2D eigenvalue weighted by atomic mass is 16.1. The first-order chi connectivity index (χ1) is 17.8. The average Bonchev–Trinajstić information content (AvgIpc) is 2.85.